The van der Waals surface area contributed by atoms with Gasteiger partial charge in [-0.15, -0.1) is 22.9 Å². The lowest BCUT2D eigenvalue weighted by Crippen LogP contribution is -1.98. The SMILES string of the molecule is Fc1cccc(F)c1C(Cl)c1cccs1. The summed E-state index contributed by atoms with van der Waals surface area (Å²) < 4.78 is 26.7. The number of halogens is 3. The van der Waals surface area contributed by atoms with Crippen molar-refractivity contribution in [3.63, 3.8) is 0 Å². The zero-order valence-electron chi connectivity index (χ0n) is 7.58. The number of thiophene rings is 1. The third kappa shape index (κ3) is 2.03. The lowest BCUT2D eigenvalue weighted by Gasteiger charge is -2.09. The molecule has 0 bridgehead atoms. The van der Waals surface area contributed by atoms with E-state index >= 15 is 0 Å². The standard InChI is InChI=1S/C11H7ClF2S/c12-11(9-5-2-6-15-9)10-7(13)3-1-4-8(10)14/h1-6,11H. The summed E-state index contributed by atoms with van der Waals surface area (Å²) in [5, 5.41) is 1.06. The average Bonchev–Trinajstić information content (AvgIpc) is 2.69. The summed E-state index contributed by atoms with van der Waals surface area (Å²) in [5.41, 5.74) is -0.0818. The maximum absolute atomic E-state index is 13.4. The van der Waals surface area contributed by atoms with Crippen molar-refractivity contribution in [3.8, 4) is 0 Å². The number of hydrogen-bond acceptors (Lipinski definition) is 1. The van der Waals surface area contributed by atoms with Gasteiger partial charge in [-0.05, 0) is 23.6 Å². The molecule has 0 saturated carbocycles. The van der Waals surface area contributed by atoms with Gasteiger partial charge in [-0.1, -0.05) is 12.1 Å². The van der Waals surface area contributed by atoms with Crippen LogP contribution in [-0.2, 0) is 0 Å². The highest BCUT2D eigenvalue weighted by Crippen LogP contribution is 2.34. The minimum absolute atomic E-state index is 0.0818. The second-order valence-electron chi connectivity index (χ2n) is 3.01. The smallest absolute Gasteiger partial charge is 0.131 e. The van der Waals surface area contributed by atoms with Crippen molar-refractivity contribution in [2.24, 2.45) is 0 Å². The van der Waals surface area contributed by atoms with Gasteiger partial charge < -0.3 is 0 Å². The molecule has 0 radical (unpaired) electrons. The van der Waals surface area contributed by atoms with E-state index in [1.807, 2.05) is 5.38 Å². The molecule has 0 nitrogen and oxygen atoms in total. The van der Waals surface area contributed by atoms with Gasteiger partial charge in [0.2, 0.25) is 0 Å². The first kappa shape index (κ1) is 10.6. The fraction of sp³-hybridized carbons (Fsp3) is 0.0909. The van der Waals surface area contributed by atoms with Gasteiger partial charge in [-0.25, -0.2) is 8.78 Å². The van der Waals surface area contributed by atoms with Crippen molar-refractivity contribution in [2.75, 3.05) is 0 Å². The highest BCUT2D eigenvalue weighted by molar-refractivity contribution is 7.10. The molecule has 0 spiro atoms. The normalized spacial score (nSPS) is 12.7. The molecule has 1 unspecified atom stereocenters. The van der Waals surface area contributed by atoms with E-state index in [4.69, 9.17) is 11.6 Å². The fourth-order valence-electron chi connectivity index (χ4n) is 1.33. The quantitative estimate of drug-likeness (QED) is 0.689. The number of benzene rings is 1. The van der Waals surface area contributed by atoms with E-state index in [1.54, 1.807) is 12.1 Å². The minimum Gasteiger partial charge on any atom is -0.207 e. The molecule has 0 aliphatic carbocycles. The molecule has 15 heavy (non-hydrogen) atoms. The Labute approximate surface area is 95.1 Å². The average molecular weight is 245 g/mol. The Morgan fingerprint density at radius 2 is 1.73 bits per heavy atom. The van der Waals surface area contributed by atoms with Crippen LogP contribution in [0.1, 0.15) is 15.8 Å². The maximum Gasteiger partial charge on any atom is 0.131 e. The zero-order chi connectivity index (χ0) is 10.8. The molecule has 2 rings (SSSR count). The van der Waals surface area contributed by atoms with E-state index in [9.17, 15) is 8.78 Å². The van der Waals surface area contributed by atoms with Crippen molar-refractivity contribution in [1.82, 2.24) is 0 Å². The van der Waals surface area contributed by atoms with Gasteiger partial charge in [-0.2, -0.15) is 0 Å². The van der Waals surface area contributed by atoms with E-state index in [-0.39, 0.29) is 5.56 Å². The second kappa shape index (κ2) is 4.29. The van der Waals surface area contributed by atoms with Crippen molar-refractivity contribution >= 4 is 22.9 Å². The number of hydrogen-bond donors (Lipinski definition) is 0. The Bertz CT molecular complexity index is 433. The Kier molecular flexibility index (Phi) is 3.03. The van der Waals surface area contributed by atoms with Gasteiger partial charge in [0.05, 0.1) is 5.38 Å². The van der Waals surface area contributed by atoms with Gasteiger partial charge in [0, 0.05) is 10.4 Å². The summed E-state index contributed by atoms with van der Waals surface area (Å²) in [5.74, 6) is -1.22. The highest BCUT2D eigenvalue weighted by Gasteiger charge is 2.19. The Morgan fingerprint density at radius 3 is 2.27 bits per heavy atom. The molecule has 4 heteroatoms. The predicted octanol–water partition coefficient (Wildman–Crippen LogP) is 4.35. The van der Waals surface area contributed by atoms with E-state index in [2.05, 4.69) is 0 Å². The third-order valence-electron chi connectivity index (χ3n) is 2.05. The van der Waals surface area contributed by atoms with E-state index in [0.717, 1.165) is 4.88 Å². The van der Waals surface area contributed by atoms with Crippen LogP contribution in [0, 0.1) is 11.6 Å². The lowest BCUT2D eigenvalue weighted by atomic mass is 10.1. The van der Waals surface area contributed by atoms with E-state index < -0.39 is 17.0 Å². The van der Waals surface area contributed by atoms with Crippen LogP contribution in [0.2, 0.25) is 0 Å². The lowest BCUT2D eigenvalue weighted by molar-refractivity contribution is 0.560. The Hall–Kier alpha value is -0.930. The molecule has 0 amide bonds. The molecular weight excluding hydrogens is 238 g/mol. The van der Waals surface area contributed by atoms with Crippen LogP contribution >= 0.6 is 22.9 Å². The fourth-order valence-corrected chi connectivity index (χ4v) is 2.47. The van der Waals surface area contributed by atoms with Gasteiger partial charge in [-0.3, -0.25) is 0 Å². The molecule has 1 heterocycles. The number of rotatable bonds is 2. The highest BCUT2D eigenvalue weighted by atomic mass is 35.5. The van der Waals surface area contributed by atoms with Crippen molar-refractivity contribution in [2.45, 2.75) is 5.38 Å². The van der Waals surface area contributed by atoms with Crippen LogP contribution in [0.4, 0.5) is 8.78 Å². The largest absolute Gasteiger partial charge is 0.207 e. The molecule has 1 atom stereocenters. The monoisotopic (exact) mass is 244 g/mol. The van der Waals surface area contributed by atoms with Crippen molar-refractivity contribution in [3.05, 3.63) is 57.8 Å². The Balaban J connectivity index is 2.46. The summed E-state index contributed by atoms with van der Waals surface area (Å²) in [6.45, 7) is 0. The van der Waals surface area contributed by atoms with E-state index in [1.165, 1.54) is 29.5 Å². The van der Waals surface area contributed by atoms with Crippen molar-refractivity contribution in [1.29, 1.82) is 0 Å². The molecule has 0 saturated heterocycles. The molecule has 2 aromatic rings. The Morgan fingerprint density at radius 1 is 1.07 bits per heavy atom. The first-order chi connectivity index (χ1) is 7.20. The molecule has 0 aliphatic heterocycles. The van der Waals surface area contributed by atoms with E-state index in [0.29, 0.717) is 0 Å². The van der Waals surface area contributed by atoms with Crippen molar-refractivity contribution < 1.29 is 8.78 Å². The summed E-state index contributed by atoms with van der Waals surface area (Å²) in [4.78, 5) is 0.737. The van der Waals surface area contributed by atoms with Crippen LogP contribution in [-0.4, -0.2) is 0 Å². The summed E-state index contributed by atoms with van der Waals surface area (Å²) in [6, 6.07) is 7.30. The summed E-state index contributed by atoms with van der Waals surface area (Å²) in [7, 11) is 0. The molecule has 0 N–H and O–H groups in total. The second-order valence-corrected chi connectivity index (χ2v) is 4.43. The van der Waals surface area contributed by atoms with Crippen LogP contribution in [0.15, 0.2) is 35.7 Å². The van der Waals surface area contributed by atoms with Gasteiger partial charge >= 0.3 is 0 Å². The molecule has 1 aromatic carbocycles. The summed E-state index contributed by atoms with van der Waals surface area (Å²) >= 11 is 7.39. The molecule has 1 aromatic heterocycles. The molecular formula is C11H7ClF2S. The summed E-state index contributed by atoms with van der Waals surface area (Å²) in [6.07, 6.45) is 0. The van der Waals surface area contributed by atoms with Crippen LogP contribution in [0.25, 0.3) is 0 Å². The first-order valence-corrected chi connectivity index (χ1v) is 5.63. The zero-order valence-corrected chi connectivity index (χ0v) is 9.16. The molecule has 0 fully saturated rings. The van der Waals surface area contributed by atoms with Crippen LogP contribution in [0.3, 0.4) is 0 Å². The van der Waals surface area contributed by atoms with Gasteiger partial charge in [0.15, 0.2) is 0 Å². The molecule has 78 valence electrons. The van der Waals surface area contributed by atoms with Crippen LogP contribution < -0.4 is 0 Å². The number of alkyl halides is 1. The van der Waals surface area contributed by atoms with Gasteiger partial charge in [0.25, 0.3) is 0 Å². The molecule has 0 aliphatic rings. The van der Waals surface area contributed by atoms with Crippen LogP contribution in [0.5, 0.6) is 0 Å². The maximum atomic E-state index is 13.4. The van der Waals surface area contributed by atoms with Gasteiger partial charge in [0.1, 0.15) is 11.6 Å². The predicted molar refractivity (Wildman–Crippen MR) is 58.4 cm³/mol. The topological polar surface area (TPSA) is 0 Å². The third-order valence-corrected chi connectivity index (χ3v) is 3.57. The first-order valence-electron chi connectivity index (χ1n) is 4.31. The minimum atomic E-state index is -0.758.